The van der Waals surface area contributed by atoms with Crippen LogP contribution in [0.4, 0.5) is 8.78 Å². The second kappa shape index (κ2) is 5.32. The van der Waals surface area contributed by atoms with Crippen LogP contribution in [-0.4, -0.2) is 14.5 Å². The number of hydrogen-bond donors (Lipinski definition) is 1. The molecule has 100 valence electrons. The molecule has 0 unspecified atom stereocenters. The first-order valence-corrected chi connectivity index (χ1v) is 7.44. The van der Waals surface area contributed by atoms with Gasteiger partial charge in [-0.25, -0.2) is 21.9 Å². The van der Waals surface area contributed by atoms with Crippen LogP contribution in [0.15, 0.2) is 23.1 Å². The van der Waals surface area contributed by atoms with E-state index < -0.39 is 21.7 Å². The summed E-state index contributed by atoms with van der Waals surface area (Å²) in [4.78, 5) is -0.356. The third kappa shape index (κ3) is 3.26. The lowest BCUT2D eigenvalue weighted by Crippen LogP contribution is -2.36. The van der Waals surface area contributed by atoms with Gasteiger partial charge in [0.15, 0.2) is 0 Å². The van der Waals surface area contributed by atoms with Crippen LogP contribution in [0.3, 0.4) is 0 Å². The molecular formula is C12H15F2NO2S. The minimum atomic E-state index is -3.83. The third-order valence-electron chi connectivity index (χ3n) is 3.07. The maximum Gasteiger partial charge on any atom is 0.241 e. The zero-order valence-electron chi connectivity index (χ0n) is 9.83. The fraction of sp³-hybridized carbons (Fsp3) is 0.500. The van der Waals surface area contributed by atoms with Crippen LogP contribution in [0.1, 0.15) is 32.1 Å². The molecule has 0 spiro atoms. The Balaban J connectivity index is 2.19. The number of nitrogens with one attached hydrogen (secondary N) is 1. The van der Waals surface area contributed by atoms with Gasteiger partial charge in [-0.1, -0.05) is 19.3 Å². The van der Waals surface area contributed by atoms with Crippen molar-refractivity contribution in [1.82, 2.24) is 4.72 Å². The molecule has 3 nitrogen and oxygen atoms in total. The van der Waals surface area contributed by atoms with Crippen LogP contribution in [0.5, 0.6) is 0 Å². The molecule has 2 rings (SSSR count). The van der Waals surface area contributed by atoms with Gasteiger partial charge in [0.2, 0.25) is 10.0 Å². The Hall–Kier alpha value is -1.01. The molecule has 0 bridgehead atoms. The van der Waals surface area contributed by atoms with Crippen LogP contribution in [0.25, 0.3) is 0 Å². The molecule has 0 amide bonds. The van der Waals surface area contributed by atoms with Crippen LogP contribution in [0.2, 0.25) is 0 Å². The molecule has 1 saturated carbocycles. The topological polar surface area (TPSA) is 46.2 Å². The molecule has 1 aromatic carbocycles. The average Bonchev–Trinajstić information content (AvgIpc) is 2.28. The van der Waals surface area contributed by atoms with Crippen LogP contribution in [0, 0.1) is 11.6 Å². The van der Waals surface area contributed by atoms with E-state index in [9.17, 15) is 17.2 Å². The molecule has 1 fully saturated rings. The molecule has 1 N–H and O–H groups in total. The Kier molecular flexibility index (Phi) is 3.97. The van der Waals surface area contributed by atoms with Gasteiger partial charge in [-0.2, -0.15) is 0 Å². The fourth-order valence-electron chi connectivity index (χ4n) is 2.19. The number of benzene rings is 1. The van der Waals surface area contributed by atoms with Crippen LogP contribution < -0.4 is 4.72 Å². The summed E-state index contributed by atoms with van der Waals surface area (Å²) in [5.41, 5.74) is 0. The second-order valence-corrected chi connectivity index (χ2v) is 6.28. The normalized spacial score (nSPS) is 17.9. The van der Waals surface area contributed by atoms with Gasteiger partial charge in [-0.3, -0.25) is 0 Å². The highest BCUT2D eigenvalue weighted by Crippen LogP contribution is 2.20. The number of halogens is 2. The first-order valence-electron chi connectivity index (χ1n) is 5.96. The van der Waals surface area contributed by atoms with Crippen molar-refractivity contribution in [2.75, 3.05) is 0 Å². The Morgan fingerprint density at radius 2 is 1.56 bits per heavy atom. The number of hydrogen-bond acceptors (Lipinski definition) is 2. The first kappa shape index (κ1) is 13.4. The first-order chi connectivity index (χ1) is 8.47. The smallest absolute Gasteiger partial charge is 0.208 e. The van der Waals surface area contributed by atoms with Gasteiger partial charge >= 0.3 is 0 Å². The zero-order chi connectivity index (χ0) is 13.2. The Labute approximate surface area is 105 Å². The lowest BCUT2D eigenvalue weighted by molar-refractivity contribution is 0.412. The Bertz CT molecular complexity index is 505. The van der Waals surface area contributed by atoms with Gasteiger partial charge in [0.05, 0.1) is 4.90 Å². The molecule has 0 aliphatic heterocycles. The van der Waals surface area contributed by atoms with E-state index in [0.29, 0.717) is 6.07 Å². The largest absolute Gasteiger partial charge is 0.241 e. The second-order valence-electron chi connectivity index (χ2n) is 4.56. The summed E-state index contributed by atoms with van der Waals surface area (Å²) in [6, 6.07) is 2.18. The van der Waals surface area contributed by atoms with Gasteiger partial charge in [0.25, 0.3) is 0 Å². The van der Waals surface area contributed by atoms with Crippen molar-refractivity contribution >= 4 is 10.0 Å². The maximum atomic E-state index is 13.0. The van der Waals surface area contributed by atoms with E-state index in [1.165, 1.54) is 0 Å². The van der Waals surface area contributed by atoms with Gasteiger partial charge in [0, 0.05) is 12.1 Å². The minimum Gasteiger partial charge on any atom is -0.208 e. The van der Waals surface area contributed by atoms with E-state index in [2.05, 4.69) is 4.72 Å². The SMILES string of the molecule is O=S(=O)(NC1CCCCC1)c1cc(F)cc(F)c1. The molecule has 0 atom stereocenters. The van der Waals surface area contributed by atoms with Gasteiger partial charge in [-0.05, 0) is 25.0 Å². The molecule has 18 heavy (non-hydrogen) atoms. The average molecular weight is 275 g/mol. The van der Waals surface area contributed by atoms with E-state index in [0.717, 1.165) is 44.2 Å². The molecule has 1 aliphatic carbocycles. The highest BCUT2D eigenvalue weighted by Gasteiger charge is 2.22. The summed E-state index contributed by atoms with van der Waals surface area (Å²) in [6.45, 7) is 0. The molecule has 1 aliphatic rings. The monoisotopic (exact) mass is 275 g/mol. The molecule has 0 radical (unpaired) electrons. The summed E-state index contributed by atoms with van der Waals surface area (Å²) in [5.74, 6) is -1.78. The standard InChI is InChI=1S/C12H15F2NO2S/c13-9-6-10(14)8-12(7-9)18(16,17)15-11-4-2-1-3-5-11/h6-8,11,15H,1-5H2. The van der Waals surface area contributed by atoms with E-state index in [1.807, 2.05) is 0 Å². The van der Waals surface area contributed by atoms with Crippen molar-refractivity contribution in [2.45, 2.75) is 43.0 Å². The predicted octanol–water partition coefficient (Wildman–Crippen LogP) is 2.58. The lowest BCUT2D eigenvalue weighted by atomic mass is 9.96. The lowest BCUT2D eigenvalue weighted by Gasteiger charge is -2.22. The number of sulfonamides is 1. The van der Waals surface area contributed by atoms with Crippen molar-refractivity contribution in [3.63, 3.8) is 0 Å². The van der Waals surface area contributed by atoms with Crippen molar-refractivity contribution in [1.29, 1.82) is 0 Å². The molecule has 6 heteroatoms. The number of rotatable bonds is 3. The molecule has 0 saturated heterocycles. The summed E-state index contributed by atoms with van der Waals surface area (Å²) < 4.78 is 52.4. The van der Waals surface area contributed by atoms with Gasteiger partial charge in [-0.15, -0.1) is 0 Å². The molecule has 0 heterocycles. The van der Waals surface area contributed by atoms with E-state index in [1.54, 1.807) is 0 Å². The molecular weight excluding hydrogens is 260 g/mol. The van der Waals surface area contributed by atoms with Gasteiger partial charge < -0.3 is 0 Å². The molecule has 0 aromatic heterocycles. The molecule has 1 aromatic rings. The maximum absolute atomic E-state index is 13.0. The van der Waals surface area contributed by atoms with Crippen LogP contribution >= 0.6 is 0 Å². The third-order valence-corrected chi connectivity index (χ3v) is 4.57. The van der Waals surface area contributed by atoms with Crippen LogP contribution in [-0.2, 0) is 10.0 Å². The van der Waals surface area contributed by atoms with Crippen molar-refractivity contribution in [3.05, 3.63) is 29.8 Å². The predicted molar refractivity (Wildman–Crippen MR) is 63.6 cm³/mol. The fourth-order valence-corrected chi connectivity index (χ4v) is 3.54. The highest BCUT2D eigenvalue weighted by atomic mass is 32.2. The van der Waals surface area contributed by atoms with E-state index in [4.69, 9.17) is 0 Å². The summed E-state index contributed by atoms with van der Waals surface area (Å²) in [7, 11) is -3.83. The minimum absolute atomic E-state index is 0.130. The summed E-state index contributed by atoms with van der Waals surface area (Å²) in [6.07, 6.45) is 4.61. The Morgan fingerprint density at radius 3 is 2.11 bits per heavy atom. The summed E-state index contributed by atoms with van der Waals surface area (Å²) in [5, 5.41) is 0. The van der Waals surface area contributed by atoms with Crippen molar-refractivity contribution < 1.29 is 17.2 Å². The Morgan fingerprint density at radius 1 is 1.00 bits per heavy atom. The van der Waals surface area contributed by atoms with Gasteiger partial charge in [0.1, 0.15) is 11.6 Å². The highest BCUT2D eigenvalue weighted by molar-refractivity contribution is 7.89. The van der Waals surface area contributed by atoms with E-state index >= 15 is 0 Å². The van der Waals surface area contributed by atoms with E-state index in [-0.39, 0.29) is 10.9 Å². The van der Waals surface area contributed by atoms with Crippen molar-refractivity contribution in [3.8, 4) is 0 Å². The quantitative estimate of drug-likeness (QED) is 0.921. The zero-order valence-corrected chi connectivity index (χ0v) is 10.6. The van der Waals surface area contributed by atoms with Crippen molar-refractivity contribution in [2.24, 2.45) is 0 Å². The summed E-state index contributed by atoms with van der Waals surface area (Å²) >= 11 is 0.